The van der Waals surface area contributed by atoms with E-state index >= 15 is 0 Å². The predicted octanol–water partition coefficient (Wildman–Crippen LogP) is 2.23. The van der Waals surface area contributed by atoms with Crippen LogP contribution < -0.4 is 4.74 Å². The molecule has 14 heavy (non-hydrogen) atoms. The van der Waals surface area contributed by atoms with Crippen LogP contribution in [0.3, 0.4) is 0 Å². The summed E-state index contributed by atoms with van der Waals surface area (Å²) in [7, 11) is 0. The van der Waals surface area contributed by atoms with Gasteiger partial charge in [0.05, 0.1) is 6.10 Å². The first kappa shape index (κ1) is 10.9. The van der Waals surface area contributed by atoms with Crippen molar-refractivity contribution in [3.63, 3.8) is 0 Å². The van der Waals surface area contributed by atoms with E-state index in [4.69, 9.17) is 4.74 Å². The molecule has 0 unspecified atom stereocenters. The zero-order chi connectivity index (χ0) is 10.6. The minimum Gasteiger partial charge on any atom is -0.490 e. The van der Waals surface area contributed by atoms with Crippen LogP contribution in [0.2, 0.25) is 0 Å². The molecule has 0 heterocycles. The normalized spacial score (nSPS) is 12.6. The van der Waals surface area contributed by atoms with Crippen molar-refractivity contribution in [1.82, 2.24) is 0 Å². The van der Waals surface area contributed by atoms with Crippen molar-refractivity contribution in [2.45, 2.75) is 13.0 Å². The van der Waals surface area contributed by atoms with Crippen molar-refractivity contribution in [3.05, 3.63) is 29.6 Å². The van der Waals surface area contributed by atoms with Gasteiger partial charge in [-0.1, -0.05) is 0 Å². The molecule has 78 valence electrons. The van der Waals surface area contributed by atoms with Gasteiger partial charge in [0.2, 0.25) is 0 Å². The second-order valence-electron chi connectivity index (χ2n) is 2.90. The molecule has 0 saturated heterocycles. The van der Waals surface area contributed by atoms with Gasteiger partial charge in [0, 0.05) is 11.6 Å². The number of alkyl halides is 1. The van der Waals surface area contributed by atoms with E-state index in [1.807, 2.05) is 0 Å². The molecule has 0 saturated carbocycles. The summed E-state index contributed by atoms with van der Waals surface area (Å²) in [6.07, 6.45) is -0.759. The maximum absolute atomic E-state index is 12.8. The van der Waals surface area contributed by atoms with Crippen LogP contribution in [-0.4, -0.2) is 18.4 Å². The Kier molecular flexibility index (Phi) is 3.83. The third-order valence-electron chi connectivity index (χ3n) is 1.76. The highest BCUT2D eigenvalue weighted by Crippen LogP contribution is 2.25. The molecule has 0 bridgehead atoms. The van der Waals surface area contributed by atoms with E-state index in [1.54, 1.807) is 0 Å². The average molecular weight is 202 g/mol. The van der Waals surface area contributed by atoms with Crippen LogP contribution in [0.1, 0.15) is 18.6 Å². The molecular weight excluding hydrogens is 190 g/mol. The SMILES string of the molecule is C[C@@H](O)c1ccc(F)cc1OCCF. The highest BCUT2D eigenvalue weighted by atomic mass is 19.1. The number of aliphatic hydroxyl groups excluding tert-OH is 1. The van der Waals surface area contributed by atoms with Crippen LogP contribution in [0.5, 0.6) is 5.75 Å². The molecule has 1 N–H and O–H groups in total. The van der Waals surface area contributed by atoms with Gasteiger partial charge in [-0.2, -0.15) is 0 Å². The fourth-order valence-electron chi connectivity index (χ4n) is 1.13. The smallest absolute Gasteiger partial charge is 0.128 e. The molecule has 1 aromatic carbocycles. The topological polar surface area (TPSA) is 29.5 Å². The van der Waals surface area contributed by atoms with Gasteiger partial charge in [-0.3, -0.25) is 0 Å². The van der Waals surface area contributed by atoms with E-state index < -0.39 is 18.6 Å². The summed E-state index contributed by atoms with van der Waals surface area (Å²) in [6.45, 7) is 0.758. The third-order valence-corrected chi connectivity index (χ3v) is 1.76. The third kappa shape index (κ3) is 2.67. The lowest BCUT2D eigenvalue weighted by Crippen LogP contribution is -2.03. The van der Waals surface area contributed by atoms with E-state index in [-0.39, 0.29) is 12.4 Å². The summed E-state index contributed by atoms with van der Waals surface area (Å²) in [5.74, 6) is -0.277. The summed E-state index contributed by atoms with van der Waals surface area (Å²) in [4.78, 5) is 0. The molecule has 0 fully saturated rings. The van der Waals surface area contributed by atoms with Gasteiger partial charge in [-0.15, -0.1) is 0 Å². The lowest BCUT2D eigenvalue weighted by molar-refractivity contribution is 0.188. The Bertz CT molecular complexity index is 300. The maximum atomic E-state index is 12.8. The Hall–Kier alpha value is -1.16. The molecule has 0 aliphatic rings. The highest BCUT2D eigenvalue weighted by Gasteiger charge is 2.09. The van der Waals surface area contributed by atoms with Crippen LogP contribution in [0.15, 0.2) is 18.2 Å². The lowest BCUT2D eigenvalue weighted by atomic mass is 10.1. The Morgan fingerprint density at radius 3 is 2.79 bits per heavy atom. The quantitative estimate of drug-likeness (QED) is 0.811. The lowest BCUT2D eigenvalue weighted by Gasteiger charge is -2.12. The second-order valence-corrected chi connectivity index (χ2v) is 2.90. The van der Waals surface area contributed by atoms with Crippen molar-refractivity contribution >= 4 is 0 Å². The summed E-state index contributed by atoms with van der Waals surface area (Å²) in [5.41, 5.74) is 0.458. The molecule has 0 aliphatic heterocycles. The standard InChI is InChI=1S/C10H12F2O2/c1-7(13)9-3-2-8(12)6-10(9)14-5-4-11/h2-3,6-7,13H,4-5H2,1H3/t7-/m1/s1. The highest BCUT2D eigenvalue weighted by molar-refractivity contribution is 5.35. The zero-order valence-electron chi connectivity index (χ0n) is 7.84. The second kappa shape index (κ2) is 4.91. The molecule has 0 aromatic heterocycles. The largest absolute Gasteiger partial charge is 0.490 e. The van der Waals surface area contributed by atoms with Gasteiger partial charge in [-0.25, -0.2) is 8.78 Å². The van der Waals surface area contributed by atoms with Crippen LogP contribution in [0.25, 0.3) is 0 Å². The molecule has 0 amide bonds. The molecular formula is C10H12F2O2. The first-order valence-electron chi connectivity index (χ1n) is 4.31. The first-order valence-corrected chi connectivity index (χ1v) is 4.31. The van der Waals surface area contributed by atoms with Gasteiger partial charge in [-0.05, 0) is 19.1 Å². The van der Waals surface area contributed by atoms with E-state index in [1.165, 1.54) is 19.1 Å². The average Bonchev–Trinajstić information content (AvgIpc) is 2.14. The Balaban J connectivity index is 2.91. The van der Waals surface area contributed by atoms with Crippen molar-refractivity contribution in [2.75, 3.05) is 13.3 Å². The number of hydrogen-bond donors (Lipinski definition) is 1. The zero-order valence-corrected chi connectivity index (χ0v) is 7.84. The molecule has 1 rings (SSSR count). The summed E-state index contributed by atoms with van der Waals surface area (Å²) < 4.78 is 29.6. The molecule has 0 radical (unpaired) electrons. The molecule has 4 heteroatoms. The van der Waals surface area contributed by atoms with E-state index in [2.05, 4.69) is 0 Å². The number of hydrogen-bond acceptors (Lipinski definition) is 2. The van der Waals surface area contributed by atoms with Crippen molar-refractivity contribution in [3.8, 4) is 5.75 Å². The van der Waals surface area contributed by atoms with Gasteiger partial charge in [0.25, 0.3) is 0 Å². The minimum absolute atomic E-state index is 0.136. The van der Waals surface area contributed by atoms with Gasteiger partial charge in [0.15, 0.2) is 0 Å². The number of ether oxygens (including phenoxy) is 1. The molecule has 1 atom stereocenters. The number of halogens is 2. The van der Waals surface area contributed by atoms with E-state index in [0.29, 0.717) is 5.56 Å². The first-order chi connectivity index (χ1) is 6.65. The Labute approximate surface area is 81.1 Å². The van der Waals surface area contributed by atoms with Crippen LogP contribution in [0.4, 0.5) is 8.78 Å². The fourth-order valence-corrected chi connectivity index (χ4v) is 1.13. The van der Waals surface area contributed by atoms with Gasteiger partial charge >= 0.3 is 0 Å². The Morgan fingerprint density at radius 1 is 1.50 bits per heavy atom. The predicted molar refractivity (Wildman–Crippen MR) is 48.5 cm³/mol. The van der Waals surface area contributed by atoms with Crippen LogP contribution >= 0.6 is 0 Å². The van der Waals surface area contributed by atoms with Crippen molar-refractivity contribution < 1.29 is 18.6 Å². The van der Waals surface area contributed by atoms with Crippen molar-refractivity contribution in [2.24, 2.45) is 0 Å². The molecule has 0 aliphatic carbocycles. The van der Waals surface area contributed by atoms with Gasteiger partial charge in [0.1, 0.15) is 24.8 Å². The molecule has 0 spiro atoms. The maximum Gasteiger partial charge on any atom is 0.128 e. The monoisotopic (exact) mass is 202 g/mol. The molecule has 1 aromatic rings. The summed E-state index contributed by atoms with van der Waals surface area (Å²) in [6, 6.07) is 3.79. The summed E-state index contributed by atoms with van der Waals surface area (Å²) in [5, 5.41) is 9.30. The fraction of sp³-hybridized carbons (Fsp3) is 0.400. The van der Waals surface area contributed by atoms with Crippen LogP contribution in [0, 0.1) is 5.82 Å². The van der Waals surface area contributed by atoms with Gasteiger partial charge < -0.3 is 9.84 Å². The molecule has 2 nitrogen and oxygen atoms in total. The number of rotatable bonds is 4. The van der Waals surface area contributed by atoms with E-state index in [0.717, 1.165) is 6.07 Å². The number of aliphatic hydroxyl groups is 1. The minimum atomic E-state index is -0.759. The number of benzene rings is 1. The Morgan fingerprint density at radius 2 is 2.21 bits per heavy atom. The van der Waals surface area contributed by atoms with Crippen LogP contribution in [-0.2, 0) is 0 Å². The van der Waals surface area contributed by atoms with Crippen molar-refractivity contribution in [1.29, 1.82) is 0 Å². The van der Waals surface area contributed by atoms with E-state index in [9.17, 15) is 13.9 Å². The summed E-state index contributed by atoms with van der Waals surface area (Å²) >= 11 is 0.